The maximum Gasteiger partial charge on any atom is 0.321 e. The van der Waals surface area contributed by atoms with E-state index >= 15 is 0 Å². The molecule has 0 aromatic heterocycles. The highest BCUT2D eigenvalue weighted by Gasteiger charge is 2.20. The monoisotopic (exact) mass is 469 g/mol. The van der Waals surface area contributed by atoms with Crippen molar-refractivity contribution in [1.29, 1.82) is 0 Å². The molecule has 1 saturated heterocycles. The fraction of sp³-hybridized carbons (Fsp3) is 0.625. The van der Waals surface area contributed by atoms with Crippen LogP contribution in [0, 0.1) is 0 Å². The molecule has 0 aliphatic carbocycles. The van der Waals surface area contributed by atoms with Gasteiger partial charge in [-0.3, -0.25) is 28.8 Å². The Kier molecular flexibility index (Phi) is 19.2. The van der Waals surface area contributed by atoms with Crippen LogP contribution in [-0.2, 0) is 28.8 Å². The predicted octanol–water partition coefficient (Wildman–Crippen LogP) is -3.61. The summed E-state index contributed by atoms with van der Waals surface area (Å²) in [6.07, 6.45) is 0.941. The zero-order valence-corrected chi connectivity index (χ0v) is 17.3. The summed E-state index contributed by atoms with van der Waals surface area (Å²) in [6, 6.07) is -3.45. The summed E-state index contributed by atoms with van der Waals surface area (Å²) in [5.41, 5.74) is 19.2. The number of rotatable bonds is 8. The predicted molar refractivity (Wildman–Crippen MR) is 107 cm³/mol. The van der Waals surface area contributed by atoms with Gasteiger partial charge < -0.3 is 53.8 Å². The second kappa shape index (κ2) is 18.4. The minimum atomic E-state index is -1.29. The van der Waals surface area contributed by atoms with Crippen molar-refractivity contribution in [3.8, 4) is 0 Å². The van der Waals surface area contributed by atoms with Gasteiger partial charge >= 0.3 is 29.8 Å². The summed E-state index contributed by atoms with van der Waals surface area (Å²) in [5.74, 6) is -6.10. The molecule has 0 saturated carbocycles. The number of primary amides is 1. The second-order valence-corrected chi connectivity index (χ2v) is 6.27. The first-order chi connectivity index (χ1) is 14.5. The van der Waals surface area contributed by atoms with Crippen LogP contribution >= 0.6 is 0 Å². The molecule has 32 heavy (non-hydrogen) atoms. The van der Waals surface area contributed by atoms with Gasteiger partial charge in [0, 0.05) is 0 Å². The topological polar surface area (TPSA) is 320 Å². The molecule has 16 nitrogen and oxygen atoms in total. The van der Waals surface area contributed by atoms with Crippen molar-refractivity contribution in [2.45, 2.75) is 56.8 Å². The Morgan fingerprint density at radius 1 is 0.844 bits per heavy atom. The van der Waals surface area contributed by atoms with Crippen LogP contribution in [0.5, 0.6) is 0 Å². The van der Waals surface area contributed by atoms with Gasteiger partial charge in [0.15, 0.2) is 0 Å². The van der Waals surface area contributed by atoms with E-state index in [0.29, 0.717) is 0 Å². The lowest BCUT2D eigenvalue weighted by atomic mass is 10.2. The fourth-order valence-corrected chi connectivity index (χ4v) is 1.47. The lowest BCUT2D eigenvalue weighted by Crippen LogP contribution is -2.34. The van der Waals surface area contributed by atoms with Crippen LogP contribution in [0.15, 0.2) is 0 Å². The number of hydrogen-bond donors (Lipinski definition) is 10. The van der Waals surface area contributed by atoms with Crippen LogP contribution in [0.2, 0.25) is 0 Å². The van der Waals surface area contributed by atoms with E-state index in [2.05, 4.69) is 11.1 Å². The van der Waals surface area contributed by atoms with Crippen LogP contribution in [0.4, 0.5) is 0 Å². The Labute approximate surface area is 182 Å². The molecule has 1 aliphatic rings. The zero-order chi connectivity index (χ0) is 26.0. The van der Waals surface area contributed by atoms with E-state index in [1.54, 1.807) is 0 Å². The minimum Gasteiger partial charge on any atom is -0.481 e. The van der Waals surface area contributed by atoms with Gasteiger partial charge in [-0.05, 0) is 26.3 Å². The van der Waals surface area contributed by atoms with Crippen molar-refractivity contribution in [2.75, 3.05) is 6.54 Å². The van der Waals surface area contributed by atoms with E-state index in [9.17, 15) is 28.8 Å². The molecule has 4 atom stereocenters. The van der Waals surface area contributed by atoms with E-state index in [0.717, 1.165) is 19.4 Å². The molecule has 0 radical (unpaired) electrons. The maximum absolute atomic E-state index is 10.1. The summed E-state index contributed by atoms with van der Waals surface area (Å²) in [5, 5.41) is 43.2. The van der Waals surface area contributed by atoms with Crippen molar-refractivity contribution >= 4 is 35.8 Å². The number of hydrogen-bond acceptors (Lipinski definition) is 10. The van der Waals surface area contributed by atoms with Crippen LogP contribution in [-0.4, -0.2) is 92.0 Å². The molecule has 3 unspecified atom stereocenters. The molecule has 0 spiro atoms. The number of carbonyl (C=O) groups excluding carboxylic acids is 1. The quantitative estimate of drug-likeness (QED) is 0.164. The standard InChI is InChI=1S/C5H9NO2.C4H8N2O3.C4H7NO4.C3H7NO2/c7-5(8)4-2-1-3-6-4;2*5-2(4(8)9)1-3(6)7;1-2(4)3(5)6/h4,6H,1-3H2,(H,7,8);2H,1,5H2,(H2,6,7)(H,8,9);2H,1,5H2,(H,6,7)(H,8,9);2H,4H2,1H3,(H,5,6)/t4-;;;/m0.../s1. The van der Waals surface area contributed by atoms with Gasteiger partial charge in [0.2, 0.25) is 5.91 Å². The van der Waals surface area contributed by atoms with Crippen LogP contribution in [0.25, 0.3) is 0 Å². The molecule has 0 aromatic rings. The lowest BCUT2D eigenvalue weighted by molar-refractivity contribution is -0.144. The number of amides is 1. The smallest absolute Gasteiger partial charge is 0.321 e. The zero-order valence-electron chi connectivity index (χ0n) is 17.3. The SMILES string of the molecule is CC(N)C(=O)O.NC(=O)CC(N)C(=O)O.NC(CC(=O)O)C(=O)O.O=C(O)[C@@H]1CCCN1. The second-order valence-electron chi connectivity index (χ2n) is 6.27. The number of aliphatic carboxylic acids is 5. The van der Waals surface area contributed by atoms with Gasteiger partial charge in [0.05, 0.1) is 12.8 Å². The first kappa shape index (κ1) is 33.3. The molecule has 1 heterocycles. The lowest BCUT2D eigenvalue weighted by Gasteiger charge is -1.99. The molecule has 16 heteroatoms. The van der Waals surface area contributed by atoms with Crippen LogP contribution in [0.3, 0.4) is 0 Å². The molecule has 1 aliphatic heterocycles. The van der Waals surface area contributed by atoms with Crippen molar-refractivity contribution in [3.63, 3.8) is 0 Å². The summed E-state index contributed by atoms with van der Waals surface area (Å²) < 4.78 is 0. The highest BCUT2D eigenvalue weighted by Crippen LogP contribution is 2.03. The number of carboxylic acids is 5. The summed E-state index contributed by atoms with van der Waals surface area (Å²) in [4.78, 5) is 59.2. The van der Waals surface area contributed by atoms with Crippen molar-refractivity contribution < 1.29 is 54.3 Å². The number of carbonyl (C=O) groups is 6. The number of nitrogens with two attached hydrogens (primary N) is 4. The summed E-state index contributed by atoms with van der Waals surface area (Å²) >= 11 is 0. The van der Waals surface area contributed by atoms with Gasteiger partial charge in [0.25, 0.3) is 0 Å². The third kappa shape index (κ3) is 22.9. The minimum absolute atomic E-state index is 0.269. The first-order valence-corrected chi connectivity index (χ1v) is 8.94. The van der Waals surface area contributed by atoms with Crippen molar-refractivity contribution in [1.82, 2.24) is 5.32 Å². The summed E-state index contributed by atoms with van der Waals surface area (Å²) in [7, 11) is 0. The Morgan fingerprint density at radius 3 is 1.38 bits per heavy atom. The molecule has 1 rings (SSSR count). The maximum atomic E-state index is 10.1. The Morgan fingerprint density at radius 2 is 1.25 bits per heavy atom. The van der Waals surface area contributed by atoms with Gasteiger partial charge in [-0.1, -0.05) is 0 Å². The van der Waals surface area contributed by atoms with Crippen molar-refractivity contribution in [3.05, 3.63) is 0 Å². The molecular weight excluding hydrogens is 438 g/mol. The van der Waals surface area contributed by atoms with E-state index in [-0.39, 0.29) is 12.5 Å². The van der Waals surface area contributed by atoms with Gasteiger partial charge in [0.1, 0.15) is 24.2 Å². The van der Waals surface area contributed by atoms with Gasteiger partial charge in [-0.25, -0.2) is 0 Å². The third-order valence-electron chi connectivity index (χ3n) is 3.20. The Balaban J connectivity index is -0.000000354. The third-order valence-corrected chi connectivity index (χ3v) is 3.20. The van der Waals surface area contributed by atoms with E-state index < -0.39 is 60.3 Å². The average molecular weight is 469 g/mol. The summed E-state index contributed by atoms with van der Waals surface area (Å²) in [6.45, 7) is 2.28. The largest absolute Gasteiger partial charge is 0.481 e. The molecular formula is C16H31N5O11. The molecule has 1 fully saturated rings. The van der Waals surface area contributed by atoms with Crippen LogP contribution in [0.1, 0.15) is 32.6 Å². The fourth-order valence-electron chi connectivity index (χ4n) is 1.47. The van der Waals surface area contributed by atoms with Crippen LogP contribution < -0.4 is 28.3 Å². The highest BCUT2D eigenvalue weighted by atomic mass is 16.4. The van der Waals surface area contributed by atoms with Gasteiger partial charge in [-0.2, -0.15) is 0 Å². The number of nitrogens with one attached hydrogen (secondary N) is 1. The molecule has 14 N–H and O–H groups in total. The first-order valence-electron chi connectivity index (χ1n) is 8.94. The van der Waals surface area contributed by atoms with E-state index in [4.69, 9.17) is 42.7 Å². The molecule has 0 bridgehead atoms. The van der Waals surface area contributed by atoms with E-state index in [1.165, 1.54) is 6.92 Å². The molecule has 0 aromatic carbocycles. The molecule has 1 amide bonds. The number of carboxylic acid groups (broad SMARTS) is 5. The Hall–Kier alpha value is -3.34. The normalized spacial score (nSPS) is 16.7. The van der Waals surface area contributed by atoms with Crippen molar-refractivity contribution in [2.24, 2.45) is 22.9 Å². The van der Waals surface area contributed by atoms with Gasteiger partial charge in [-0.15, -0.1) is 0 Å². The molecule has 186 valence electrons. The Bertz CT molecular complexity index is 604. The average Bonchev–Trinajstić information content (AvgIpc) is 3.17. The van der Waals surface area contributed by atoms with E-state index in [1.807, 2.05) is 0 Å². The highest BCUT2D eigenvalue weighted by molar-refractivity contribution is 5.83.